The van der Waals surface area contributed by atoms with Crippen molar-refractivity contribution in [3.05, 3.63) is 29.8 Å². The van der Waals surface area contributed by atoms with Crippen LogP contribution in [0.1, 0.15) is 38.7 Å². The van der Waals surface area contributed by atoms with E-state index in [9.17, 15) is 0 Å². The molecule has 0 amide bonds. The van der Waals surface area contributed by atoms with Crippen molar-refractivity contribution >= 4 is 39.7 Å². The number of rotatable bonds is 3. The first-order valence-corrected chi connectivity index (χ1v) is 11.7. The number of piperazine rings is 1. The summed E-state index contributed by atoms with van der Waals surface area (Å²) in [5.74, 6) is 2.49. The molecule has 2 fully saturated rings. The van der Waals surface area contributed by atoms with E-state index in [1.165, 1.54) is 30.2 Å². The minimum atomic E-state index is 0.462. The largest absolute Gasteiger partial charge is 0.359 e. The number of thiocarbonyl (C=S) groups is 1. The van der Waals surface area contributed by atoms with Gasteiger partial charge in [-0.25, -0.2) is 4.98 Å². The first-order chi connectivity index (χ1) is 14.4. The first kappa shape index (κ1) is 21.3. The standard InChI is InChI=1S/C24H35N5S/c1-16-6-5-7-21(18(16)3)27-24(30)25-19-8-9-22-20(15-19)17(2)14-23(26-22)29-12-10-28(4)11-13-29/h8-9,14-16,18,21H,5-7,10-13H2,1-4H3,(H2,25,27,30)/t16-,18-,21+/m0/s1. The summed E-state index contributed by atoms with van der Waals surface area (Å²) in [6.45, 7) is 11.1. The average molecular weight is 426 g/mol. The molecule has 2 heterocycles. The molecule has 5 nitrogen and oxygen atoms in total. The third kappa shape index (κ3) is 4.70. The van der Waals surface area contributed by atoms with Crippen molar-refractivity contribution in [3.8, 4) is 0 Å². The first-order valence-electron chi connectivity index (χ1n) is 11.3. The highest BCUT2D eigenvalue weighted by molar-refractivity contribution is 7.80. The molecule has 0 bridgehead atoms. The molecular weight excluding hydrogens is 390 g/mol. The third-order valence-electron chi connectivity index (χ3n) is 7.11. The summed E-state index contributed by atoms with van der Waals surface area (Å²) < 4.78 is 0. The lowest BCUT2D eigenvalue weighted by Gasteiger charge is -2.35. The van der Waals surface area contributed by atoms with Crippen LogP contribution in [0.15, 0.2) is 24.3 Å². The minimum Gasteiger partial charge on any atom is -0.359 e. The Morgan fingerprint density at radius 3 is 2.63 bits per heavy atom. The normalized spacial score (nSPS) is 25.3. The van der Waals surface area contributed by atoms with Crippen LogP contribution in [0, 0.1) is 18.8 Å². The molecule has 1 aliphatic carbocycles. The number of benzene rings is 1. The average Bonchev–Trinajstić information content (AvgIpc) is 2.72. The van der Waals surface area contributed by atoms with Gasteiger partial charge in [-0.1, -0.05) is 26.7 Å². The Labute approximate surface area is 186 Å². The second-order valence-corrected chi connectivity index (χ2v) is 9.70. The van der Waals surface area contributed by atoms with Gasteiger partial charge < -0.3 is 20.4 Å². The minimum absolute atomic E-state index is 0.462. The number of aryl methyl sites for hydroxylation is 1. The molecule has 0 radical (unpaired) electrons. The highest BCUT2D eigenvalue weighted by Crippen LogP contribution is 2.30. The zero-order valence-electron chi connectivity index (χ0n) is 18.7. The van der Waals surface area contributed by atoms with Crippen molar-refractivity contribution in [1.29, 1.82) is 0 Å². The Bertz CT molecular complexity index is 906. The number of anilines is 2. The molecule has 0 unspecified atom stereocenters. The highest BCUT2D eigenvalue weighted by atomic mass is 32.1. The number of nitrogens with zero attached hydrogens (tertiary/aromatic N) is 3. The van der Waals surface area contributed by atoms with E-state index in [4.69, 9.17) is 17.2 Å². The van der Waals surface area contributed by atoms with Crippen molar-refractivity contribution in [2.45, 2.75) is 46.1 Å². The molecule has 2 N–H and O–H groups in total. The van der Waals surface area contributed by atoms with E-state index in [0.29, 0.717) is 12.0 Å². The van der Waals surface area contributed by atoms with Crippen LogP contribution in [0.4, 0.5) is 11.5 Å². The summed E-state index contributed by atoms with van der Waals surface area (Å²) in [6.07, 6.45) is 3.80. The maximum atomic E-state index is 5.63. The van der Waals surface area contributed by atoms with Crippen LogP contribution in [0.2, 0.25) is 0 Å². The fraction of sp³-hybridized carbons (Fsp3) is 0.583. The van der Waals surface area contributed by atoms with Gasteiger partial charge in [-0.15, -0.1) is 0 Å². The molecule has 1 aliphatic heterocycles. The van der Waals surface area contributed by atoms with Gasteiger partial charge in [0.05, 0.1) is 5.52 Å². The van der Waals surface area contributed by atoms with Gasteiger partial charge in [-0.2, -0.15) is 0 Å². The van der Waals surface area contributed by atoms with Crippen LogP contribution in [-0.2, 0) is 0 Å². The summed E-state index contributed by atoms with van der Waals surface area (Å²) in [5, 5.41) is 8.87. The van der Waals surface area contributed by atoms with E-state index < -0.39 is 0 Å². The number of aromatic nitrogens is 1. The predicted molar refractivity (Wildman–Crippen MR) is 132 cm³/mol. The quantitative estimate of drug-likeness (QED) is 0.711. The Morgan fingerprint density at radius 2 is 1.87 bits per heavy atom. The van der Waals surface area contributed by atoms with Crippen LogP contribution in [-0.4, -0.2) is 54.3 Å². The van der Waals surface area contributed by atoms with Crippen molar-refractivity contribution in [3.63, 3.8) is 0 Å². The summed E-state index contributed by atoms with van der Waals surface area (Å²) >= 11 is 5.63. The molecule has 2 aromatic rings. The summed E-state index contributed by atoms with van der Waals surface area (Å²) in [5.41, 5.74) is 3.32. The van der Waals surface area contributed by atoms with Gasteiger partial charge in [0.2, 0.25) is 0 Å². The van der Waals surface area contributed by atoms with E-state index >= 15 is 0 Å². The van der Waals surface area contributed by atoms with Gasteiger partial charge in [0.15, 0.2) is 5.11 Å². The zero-order chi connectivity index (χ0) is 21.3. The van der Waals surface area contributed by atoms with E-state index in [1.54, 1.807) is 0 Å². The molecule has 6 heteroatoms. The molecule has 3 atom stereocenters. The third-order valence-corrected chi connectivity index (χ3v) is 7.33. The SMILES string of the molecule is Cc1cc(N2CCN(C)CC2)nc2ccc(NC(=S)N[C@@H]3CCC[C@H](C)[C@@H]3C)cc12. The second kappa shape index (κ2) is 9.06. The number of nitrogens with one attached hydrogen (secondary N) is 2. The molecule has 4 rings (SSSR count). The second-order valence-electron chi connectivity index (χ2n) is 9.29. The molecule has 0 spiro atoms. The summed E-state index contributed by atoms with van der Waals surface area (Å²) in [6, 6.07) is 9.05. The van der Waals surface area contributed by atoms with Gasteiger partial charge in [0.25, 0.3) is 0 Å². The van der Waals surface area contributed by atoms with E-state index in [0.717, 1.165) is 54.2 Å². The molecule has 162 valence electrons. The van der Waals surface area contributed by atoms with Crippen LogP contribution < -0.4 is 15.5 Å². The zero-order valence-corrected chi connectivity index (χ0v) is 19.6. The van der Waals surface area contributed by atoms with Gasteiger partial charge in [-0.05, 0) is 74.3 Å². The lowest BCUT2D eigenvalue weighted by molar-refractivity contribution is 0.225. The van der Waals surface area contributed by atoms with Crippen LogP contribution in [0.5, 0.6) is 0 Å². The monoisotopic (exact) mass is 425 g/mol. The van der Waals surface area contributed by atoms with Crippen molar-refractivity contribution in [1.82, 2.24) is 15.2 Å². The topological polar surface area (TPSA) is 43.4 Å². The number of likely N-dealkylation sites (N-methyl/N-ethyl adjacent to an activating group) is 1. The molecular formula is C24H35N5S. The molecule has 1 saturated heterocycles. The summed E-state index contributed by atoms with van der Waals surface area (Å²) in [4.78, 5) is 9.71. The Hall–Kier alpha value is -1.92. The lowest BCUT2D eigenvalue weighted by Crippen LogP contribution is -2.45. The van der Waals surface area contributed by atoms with Crippen LogP contribution in [0.3, 0.4) is 0 Å². The number of hydrogen-bond acceptors (Lipinski definition) is 4. The van der Waals surface area contributed by atoms with Gasteiger partial charge in [0.1, 0.15) is 5.82 Å². The maximum Gasteiger partial charge on any atom is 0.171 e. The van der Waals surface area contributed by atoms with Crippen molar-refractivity contribution in [2.24, 2.45) is 11.8 Å². The maximum absolute atomic E-state index is 5.63. The fourth-order valence-corrected chi connectivity index (χ4v) is 5.04. The molecule has 1 aromatic heterocycles. The van der Waals surface area contributed by atoms with Crippen molar-refractivity contribution < 1.29 is 0 Å². The Kier molecular flexibility index (Phi) is 6.44. The smallest absolute Gasteiger partial charge is 0.171 e. The van der Waals surface area contributed by atoms with Crippen LogP contribution >= 0.6 is 12.2 Å². The molecule has 1 saturated carbocycles. The van der Waals surface area contributed by atoms with Crippen molar-refractivity contribution in [2.75, 3.05) is 43.4 Å². The lowest BCUT2D eigenvalue weighted by atomic mass is 9.78. The predicted octanol–water partition coefficient (Wildman–Crippen LogP) is 4.41. The number of fused-ring (bicyclic) bond motifs is 1. The molecule has 2 aliphatic rings. The molecule has 1 aromatic carbocycles. The van der Waals surface area contributed by atoms with E-state index in [1.807, 2.05) is 0 Å². The fourth-order valence-electron chi connectivity index (χ4n) is 4.77. The number of pyridine rings is 1. The van der Waals surface area contributed by atoms with Gasteiger partial charge in [0, 0.05) is 43.3 Å². The van der Waals surface area contributed by atoms with Crippen LogP contribution in [0.25, 0.3) is 10.9 Å². The van der Waals surface area contributed by atoms with Gasteiger partial charge in [-0.3, -0.25) is 0 Å². The van der Waals surface area contributed by atoms with Gasteiger partial charge >= 0.3 is 0 Å². The van der Waals surface area contributed by atoms with E-state index in [2.05, 4.69) is 72.5 Å². The Morgan fingerprint density at radius 1 is 1.10 bits per heavy atom. The number of hydrogen-bond donors (Lipinski definition) is 2. The highest BCUT2D eigenvalue weighted by Gasteiger charge is 2.27. The summed E-state index contributed by atoms with van der Waals surface area (Å²) in [7, 11) is 2.18. The van der Waals surface area contributed by atoms with E-state index in [-0.39, 0.29) is 0 Å². The molecule has 30 heavy (non-hydrogen) atoms. The Balaban J connectivity index is 1.46.